The van der Waals surface area contributed by atoms with Crippen molar-refractivity contribution in [3.63, 3.8) is 0 Å². The highest BCUT2D eigenvalue weighted by Crippen LogP contribution is 2.04. The molecule has 0 fully saturated rings. The molecule has 30 heavy (non-hydrogen) atoms. The molecule has 2 aromatic rings. The van der Waals surface area contributed by atoms with Crippen LogP contribution in [0.2, 0.25) is 0 Å². The Morgan fingerprint density at radius 3 is 1.33 bits per heavy atom. The second-order valence-electron chi connectivity index (χ2n) is 6.01. The molecule has 0 saturated carbocycles. The summed E-state index contributed by atoms with van der Waals surface area (Å²) in [6.07, 6.45) is 12.2. The second-order valence-corrected chi connectivity index (χ2v) is 6.01. The van der Waals surface area contributed by atoms with Gasteiger partial charge in [-0.1, -0.05) is 71.0 Å². The normalized spacial score (nSPS) is 12.9. The molecule has 148 valence electrons. The van der Waals surface area contributed by atoms with Crippen LogP contribution < -0.4 is 0 Å². The van der Waals surface area contributed by atoms with E-state index in [2.05, 4.69) is 10.3 Å². The van der Waals surface area contributed by atoms with Crippen LogP contribution in [0.25, 0.3) is 12.2 Å². The lowest BCUT2D eigenvalue weighted by atomic mass is 10.1. The lowest BCUT2D eigenvalue weighted by molar-refractivity contribution is -0.138. The van der Waals surface area contributed by atoms with E-state index in [0.717, 1.165) is 11.1 Å². The molecule has 0 unspecified atom stereocenters. The molecule has 0 bridgehead atoms. The highest BCUT2D eigenvalue weighted by molar-refractivity contribution is 6.18. The lowest BCUT2D eigenvalue weighted by Gasteiger charge is -2.01. The molecule has 3 rings (SSSR count). The third-order valence-electron chi connectivity index (χ3n) is 3.75. The molecule has 2 aromatic carbocycles. The Bertz CT molecular complexity index is 959. The summed E-state index contributed by atoms with van der Waals surface area (Å²) in [5.74, 6) is -1.18. The maximum Gasteiger partial charge on any atom is 0.358 e. The van der Waals surface area contributed by atoms with Crippen molar-refractivity contribution < 1.29 is 19.3 Å². The monoisotopic (exact) mass is 398 g/mol. The van der Waals surface area contributed by atoms with Crippen molar-refractivity contribution in [1.82, 2.24) is 0 Å². The summed E-state index contributed by atoms with van der Waals surface area (Å²) < 4.78 is 0. The standard InChI is InChI=1S/C24H18N2O4/c27-23(17-11-19-7-3-1-4-8-19)29-25-21-13-15-22(16-14-21)26-30-24(28)18-12-20-9-5-2-6-10-20/h1-18H. The Labute approximate surface area is 173 Å². The number of carbonyl (C=O) groups excluding carboxylic acids is 2. The second kappa shape index (κ2) is 10.9. The van der Waals surface area contributed by atoms with Crippen molar-refractivity contribution in [3.8, 4) is 0 Å². The third kappa shape index (κ3) is 7.01. The van der Waals surface area contributed by atoms with Gasteiger partial charge in [0, 0.05) is 12.2 Å². The predicted molar refractivity (Wildman–Crippen MR) is 116 cm³/mol. The Morgan fingerprint density at radius 1 is 0.600 bits per heavy atom. The molecule has 0 N–H and O–H groups in total. The van der Waals surface area contributed by atoms with Gasteiger partial charge in [-0.3, -0.25) is 0 Å². The molecule has 0 aromatic heterocycles. The summed E-state index contributed by atoms with van der Waals surface area (Å²) in [6, 6.07) is 18.8. The number of nitrogens with zero attached hydrogens (tertiary/aromatic N) is 2. The zero-order valence-corrected chi connectivity index (χ0v) is 15.9. The van der Waals surface area contributed by atoms with Crippen LogP contribution in [0.5, 0.6) is 0 Å². The van der Waals surface area contributed by atoms with Gasteiger partial charge in [0.25, 0.3) is 0 Å². The van der Waals surface area contributed by atoms with E-state index in [1.54, 1.807) is 36.5 Å². The number of allylic oxidation sites excluding steroid dienone is 4. The molecular weight excluding hydrogens is 380 g/mol. The van der Waals surface area contributed by atoms with Crippen LogP contribution in [0.4, 0.5) is 0 Å². The van der Waals surface area contributed by atoms with E-state index >= 15 is 0 Å². The van der Waals surface area contributed by atoms with E-state index in [-0.39, 0.29) is 0 Å². The average molecular weight is 398 g/mol. The van der Waals surface area contributed by atoms with E-state index in [9.17, 15) is 9.59 Å². The van der Waals surface area contributed by atoms with Crippen molar-refractivity contribution >= 4 is 35.5 Å². The van der Waals surface area contributed by atoms with Crippen LogP contribution in [-0.4, -0.2) is 23.4 Å². The number of hydrogen-bond donors (Lipinski definition) is 0. The Morgan fingerprint density at radius 2 is 0.967 bits per heavy atom. The number of hydrogen-bond acceptors (Lipinski definition) is 6. The van der Waals surface area contributed by atoms with Crippen LogP contribution in [0, 0.1) is 0 Å². The van der Waals surface area contributed by atoms with Crippen molar-refractivity contribution in [2.24, 2.45) is 10.3 Å². The average Bonchev–Trinajstić information content (AvgIpc) is 2.80. The van der Waals surface area contributed by atoms with Crippen molar-refractivity contribution in [3.05, 3.63) is 108 Å². The van der Waals surface area contributed by atoms with Gasteiger partial charge in [-0.2, -0.15) is 0 Å². The minimum atomic E-state index is -0.591. The molecular formula is C24H18N2O4. The number of oxime groups is 2. The molecule has 0 amide bonds. The fourth-order valence-electron chi connectivity index (χ4n) is 2.29. The molecule has 1 aliphatic rings. The van der Waals surface area contributed by atoms with Gasteiger partial charge >= 0.3 is 11.9 Å². The summed E-state index contributed by atoms with van der Waals surface area (Å²) in [5.41, 5.74) is 2.61. The maximum atomic E-state index is 11.7. The molecule has 1 aliphatic carbocycles. The summed E-state index contributed by atoms with van der Waals surface area (Å²) in [7, 11) is 0. The summed E-state index contributed by atoms with van der Waals surface area (Å²) in [6.45, 7) is 0. The van der Waals surface area contributed by atoms with Gasteiger partial charge in [-0.15, -0.1) is 0 Å². The van der Waals surface area contributed by atoms with Crippen molar-refractivity contribution in [1.29, 1.82) is 0 Å². The van der Waals surface area contributed by atoms with E-state index < -0.39 is 11.9 Å². The topological polar surface area (TPSA) is 77.3 Å². The first-order valence-corrected chi connectivity index (χ1v) is 9.09. The first-order chi connectivity index (χ1) is 14.7. The zero-order valence-electron chi connectivity index (χ0n) is 15.9. The molecule has 6 nitrogen and oxygen atoms in total. The van der Waals surface area contributed by atoms with Crippen molar-refractivity contribution in [2.75, 3.05) is 0 Å². The Hall–Kier alpha value is -4.32. The van der Waals surface area contributed by atoms with Crippen molar-refractivity contribution in [2.45, 2.75) is 0 Å². The zero-order chi connectivity index (χ0) is 21.0. The van der Waals surface area contributed by atoms with Gasteiger partial charge in [0.05, 0.1) is 0 Å². The number of benzene rings is 2. The van der Waals surface area contributed by atoms with Gasteiger partial charge < -0.3 is 9.68 Å². The molecule has 0 aliphatic heterocycles. The highest BCUT2D eigenvalue weighted by atomic mass is 16.7. The summed E-state index contributed by atoms with van der Waals surface area (Å²) >= 11 is 0. The fourth-order valence-corrected chi connectivity index (χ4v) is 2.29. The van der Waals surface area contributed by atoms with Gasteiger partial charge in [-0.05, 0) is 47.6 Å². The first kappa shape index (κ1) is 20.4. The minimum absolute atomic E-state index is 0.422. The van der Waals surface area contributed by atoms with Crippen LogP contribution in [0.3, 0.4) is 0 Å². The van der Waals surface area contributed by atoms with E-state index in [1.807, 2.05) is 60.7 Å². The van der Waals surface area contributed by atoms with Gasteiger partial charge in [0.15, 0.2) is 0 Å². The molecule has 0 spiro atoms. The minimum Gasteiger partial charge on any atom is -0.313 e. The number of carbonyl (C=O) groups is 2. The highest BCUT2D eigenvalue weighted by Gasteiger charge is 2.03. The molecule has 0 atom stereocenters. The van der Waals surface area contributed by atoms with Crippen LogP contribution in [-0.2, 0) is 19.3 Å². The van der Waals surface area contributed by atoms with Crippen LogP contribution in [0.15, 0.2) is 107 Å². The summed E-state index contributed by atoms with van der Waals surface area (Å²) in [4.78, 5) is 33.1. The third-order valence-corrected chi connectivity index (χ3v) is 3.75. The smallest absolute Gasteiger partial charge is 0.313 e. The largest absolute Gasteiger partial charge is 0.358 e. The predicted octanol–water partition coefficient (Wildman–Crippen LogP) is 4.34. The Kier molecular flexibility index (Phi) is 7.40. The molecule has 6 heteroatoms. The van der Waals surface area contributed by atoms with Gasteiger partial charge in [-0.25, -0.2) is 9.59 Å². The molecule has 0 radical (unpaired) electrons. The van der Waals surface area contributed by atoms with Crippen LogP contribution in [0.1, 0.15) is 11.1 Å². The van der Waals surface area contributed by atoms with Gasteiger partial charge in [0.1, 0.15) is 11.4 Å². The number of rotatable bonds is 6. The quantitative estimate of drug-likeness (QED) is 0.314. The Balaban J connectivity index is 1.46. The summed E-state index contributed by atoms with van der Waals surface area (Å²) in [5, 5.41) is 7.51. The van der Waals surface area contributed by atoms with E-state index in [1.165, 1.54) is 12.2 Å². The van der Waals surface area contributed by atoms with E-state index in [4.69, 9.17) is 9.68 Å². The fraction of sp³-hybridized carbons (Fsp3) is 0. The molecule has 0 saturated heterocycles. The SMILES string of the molecule is O=C(C=Cc1ccccc1)ON=C1C=CC(=NOC(=O)C=Cc2ccccc2)C=C1. The maximum absolute atomic E-state index is 11.7. The molecule has 0 heterocycles. The first-order valence-electron chi connectivity index (χ1n) is 9.09. The van der Waals surface area contributed by atoms with Gasteiger partial charge in [0.2, 0.25) is 0 Å². The lowest BCUT2D eigenvalue weighted by Crippen LogP contribution is -2.04. The van der Waals surface area contributed by atoms with E-state index in [0.29, 0.717) is 11.4 Å². The van der Waals surface area contributed by atoms with Crippen LogP contribution >= 0.6 is 0 Å².